The molecule has 4 N–H and O–H groups in total. The van der Waals surface area contributed by atoms with E-state index in [0.29, 0.717) is 12.2 Å². The van der Waals surface area contributed by atoms with Crippen LogP contribution in [0, 0.1) is 0 Å². The van der Waals surface area contributed by atoms with Crippen LogP contribution in [0.25, 0.3) is 0 Å². The van der Waals surface area contributed by atoms with E-state index in [0.717, 1.165) is 5.56 Å². The fourth-order valence-corrected chi connectivity index (χ4v) is 1.78. The zero-order chi connectivity index (χ0) is 20.0. The molecule has 0 aliphatic heterocycles. The van der Waals surface area contributed by atoms with Crippen LogP contribution in [0.1, 0.15) is 47.1 Å². The molecule has 0 fully saturated rings. The van der Waals surface area contributed by atoms with Crippen LogP contribution in [0.15, 0.2) is 29.3 Å². The van der Waals surface area contributed by atoms with E-state index in [9.17, 15) is 9.59 Å². The summed E-state index contributed by atoms with van der Waals surface area (Å²) in [6.07, 6.45) is -1.57. The number of ether oxygens (including phenoxy) is 2. The number of carbonyl (C=O) groups excluding carboxylic acids is 2. The van der Waals surface area contributed by atoms with Crippen molar-refractivity contribution in [2.75, 3.05) is 5.73 Å². The molecular weight excluding hydrogens is 336 g/mol. The quantitative estimate of drug-likeness (QED) is 0.422. The van der Waals surface area contributed by atoms with Crippen LogP contribution in [0.4, 0.5) is 15.3 Å². The number of nitrogens with one attached hydrogen (secondary N) is 2. The summed E-state index contributed by atoms with van der Waals surface area (Å²) in [4.78, 5) is 27.7. The Morgan fingerprint density at radius 3 is 2.23 bits per heavy atom. The minimum absolute atomic E-state index is 0.0732. The minimum Gasteiger partial charge on any atom is -0.444 e. The van der Waals surface area contributed by atoms with Gasteiger partial charge in [0, 0.05) is 12.2 Å². The summed E-state index contributed by atoms with van der Waals surface area (Å²) in [5, 5.41) is 5.30. The number of hydrogen-bond donors (Lipinski definition) is 3. The zero-order valence-electron chi connectivity index (χ0n) is 16.2. The van der Waals surface area contributed by atoms with Crippen molar-refractivity contribution in [2.45, 2.75) is 59.3 Å². The third-order valence-electron chi connectivity index (χ3n) is 2.63. The Hall–Kier alpha value is -2.77. The van der Waals surface area contributed by atoms with Crippen molar-refractivity contribution in [2.24, 2.45) is 4.99 Å². The first-order valence-corrected chi connectivity index (χ1v) is 8.24. The van der Waals surface area contributed by atoms with Crippen LogP contribution >= 0.6 is 0 Å². The van der Waals surface area contributed by atoms with Gasteiger partial charge in [-0.05, 0) is 59.2 Å². The lowest BCUT2D eigenvalue weighted by molar-refractivity contribution is 0.0560. The average molecular weight is 364 g/mol. The van der Waals surface area contributed by atoms with Crippen LogP contribution in [0.3, 0.4) is 0 Å². The summed E-state index contributed by atoms with van der Waals surface area (Å²) in [7, 11) is 0. The molecule has 0 saturated heterocycles. The van der Waals surface area contributed by atoms with Gasteiger partial charge < -0.3 is 20.5 Å². The van der Waals surface area contributed by atoms with Crippen LogP contribution in [0.2, 0.25) is 0 Å². The molecule has 1 rings (SSSR count). The van der Waals surface area contributed by atoms with Gasteiger partial charge in [-0.3, -0.25) is 5.32 Å². The number of guanidine groups is 1. The SMILES string of the molecule is CC(C)(C)OC(=O)/N=C(\NCc1cccc(N)c1)NC(=O)OC(C)(C)C. The number of nitrogen functional groups attached to an aromatic ring is 1. The zero-order valence-corrected chi connectivity index (χ0v) is 16.2. The van der Waals surface area contributed by atoms with E-state index in [1.165, 1.54) is 0 Å². The first kappa shape index (κ1) is 21.3. The Balaban J connectivity index is 2.86. The van der Waals surface area contributed by atoms with Gasteiger partial charge in [-0.1, -0.05) is 12.1 Å². The molecular formula is C18H28N4O4. The van der Waals surface area contributed by atoms with Crippen molar-refractivity contribution in [3.05, 3.63) is 29.8 Å². The lowest BCUT2D eigenvalue weighted by Gasteiger charge is -2.21. The second-order valence-corrected chi connectivity index (χ2v) is 7.67. The van der Waals surface area contributed by atoms with E-state index in [1.54, 1.807) is 59.7 Å². The fourth-order valence-electron chi connectivity index (χ4n) is 1.78. The van der Waals surface area contributed by atoms with E-state index in [2.05, 4.69) is 15.6 Å². The van der Waals surface area contributed by atoms with Gasteiger partial charge in [0.05, 0.1) is 0 Å². The van der Waals surface area contributed by atoms with Crippen molar-refractivity contribution in [1.29, 1.82) is 0 Å². The molecule has 0 aliphatic rings. The van der Waals surface area contributed by atoms with Crippen molar-refractivity contribution in [1.82, 2.24) is 10.6 Å². The number of carbonyl (C=O) groups is 2. The van der Waals surface area contributed by atoms with Crippen molar-refractivity contribution in [3.63, 3.8) is 0 Å². The van der Waals surface area contributed by atoms with Gasteiger partial charge in [-0.15, -0.1) is 4.99 Å². The smallest absolute Gasteiger partial charge is 0.437 e. The summed E-state index contributed by atoms with van der Waals surface area (Å²) >= 11 is 0. The monoisotopic (exact) mass is 364 g/mol. The highest BCUT2D eigenvalue weighted by Gasteiger charge is 2.20. The minimum atomic E-state index is -0.830. The van der Waals surface area contributed by atoms with Crippen LogP contribution in [-0.4, -0.2) is 29.3 Å². The largest absolute Gasteiger partial charge is 0.444 e. The van der Waals surface area contributed by atoms with Gasteiger partial charge in [0.2, 0.25) is 5.96 Å². The topological polar surface area (TPSA) is 115 Å². The molecule has 144 valence electrons. The highest BCUT2D eigenvalue weighted by atomic mass is 16.6. The molecule has 8 nitrogen and oxygen atoms in total. The predicted octanol–water partition coefficient (Wildman–Crippen LogP) is 3.17. The maximum absolute atomic E-state index is 12.0. The van der Waals surface area contributed by atoms with E-state index in [4.69, 9.17) is 15.2 Å². The number of amides is 2. The number of benzene rings is 1. The molecule has 8 heteroatoms. The number of nitrogens with two attached hydrogens (primary N) is 1. The number of nitrogens with zero attached hydrogens (tertiary/aromatic N) is 1. The third-order valence-corrected chi connectivity index (χ3v) is 2.63. The van der Waals surface area contributed by atoms with Gasteiger partial charge in [-0.25, -0.2) is 9.59 Å². The fraction of sp³-hybridized carbons (Fsp3) is 0.500. The Labute approximate surface area is 154 Å². The Bertz CT molecular complexity index is 673. The second kappa shape index (κ2) is 8.55. The Morgan fingerprint density at radius 2 is 1.69 bits per heavy atom. The standard InChI is InChI=1S/C18H28N4O4/c1-17(2,3)25-15(23)21-14(22-16(24)26-18(4,5)6)20-11-12-8-7-9-13(19)10-12/h7-10H,11,19H2,1-6H3,(H2,20,21,22,23,24). The van der Waals surface area contributed by atoms with Crippen molar-refractivity contribution < 1.29 is 19.1 Å². The number of rotatable bonds is 2. The first-order chi connectivity index (χ1) is 11.8. The lowest BCUT2D eigenvalue weighted by Crippen LogP contribution is -2.44. The second-order valence-electron chi connectivity index (χ2n) is 7.67. The highest BCUT2D eigenvalue weighted by molar-refractivity contribution is 5.98. The maximum Gasteiger partial charge on any atom is 0.437 e. The van der Waals surface area contributed by atoms with Gasteiger partial charge in [0.1, 0.15) is 11.2 Å². The Kier molecular flexibility index (Phi) is 7.00. The Morgan fingerprint density at radius 1 is 1.08 bits per heavy atom. The number of anilines is 1. The van der Waals surface area contributed by atoms with Crippen LogP contribution < -0.4 is 16.4 Å². The lowest BCUT2D eigenvalue weighted by atomic mass is 10.2. The highest BCUT2D eigenvalue weighted by Crippen LogP contribution is 2.09. The van der Waals surface area contributed by atoms with Crippen LogP contribution in [0.5, 0.6) is 0 Å². The molecule has 0 spiro atoms. The first-order valence-electron chi connectivity index (χ1n) is 8.24. The number of hydrogen-bond acceptors (Lipinski definition) is 5. The summed E-state index contributed by atoms with van der Waals surface area (Å²) in [5.74, 6) is -0.0732. The normalized spacial score (nSPS) is 12.3. The van der Waals surface area contributed by atoms with Gasteiger partial charge in [0.25, 0.3) is 0 Å². The summed E-state index contributed by atoms with van der Waals surface area (Å²) < 4.78 is 10.3. The number of aliphatic imine (C=N–C) groups is 1. The predicted molar refractivity (Wildman–Crippen MR) is 101 cm³/mol. The molecule has 0 saturated carbocycles. The third kappa shape index (κ3) is 9.51. The summed E-state index contributed by atoms with van der Waals surface area (Å²) in [6.45, 7) is 10.7. The van der Waals surface area contributed by atoms with Gasteiger partial charge in [-0.2, -0.15) is 0 Å². The van der Waals surface area contributed by atoms with E-state index >= 15 is 0 Å². The molecule has 0 bridgehead atoms. The molecule has 0 unspecified atom stereocenters. The van der Waals surface area contributed by atoms with Gasteiger partial charge >= 0.3 is 12.2 Å². The van der Waals surface area contributed by atoms with Crippen molar-refractivity contribution in [3.8, 4) is 0 Å². The number of alkyl carbamates (subject to hydrolysis) is 1. The molecule has 1 aromatic carbocycles. The summed E-state index contributed by atoms with van der Waals surface area (Å²) in [6, 6.07) is 7.18. The molecule has 0 atom stereocenters. The average Bonchev–Trinajstić information content (AvgIpc) is 2.40. The molecule has 0 aromatic heterocycles. The van der Waals surface area contributed by atoms with E-state index in [-0.39, 0.29) is 5.96 Å². The van der Waals surface area contributed by atoms with Crippen LogP contribution in [-0.2, 0) is 16.0 Å². The molecule has 2 amide bonds. The van der Waals surface area contributed by atoms with E-state index in [1.807, 2.05) is 6.07 Å². The van der Waals surface area contributed by atoms with Gasteiger partial charge in [0.15, 0.2) is 0 Å². The maximum atomic E-state index is 12.0. The van der Waals surface area contributed by atoms with Crippen molar-refractivity contribution >= 4 is 23.8 Å². The molecule has 26 heavy (non-hydrogen) atoms. The molecule has 0 heterocycles. The molecule has 0 aliphatic carbocycles. The summed E-state index contributed by atoms with van der Waals surface area (Å²) in [5.41, 5.74) is 5.82. The van der Waals surface area contributed by atoms with E-state index < -0.39 is 23.4 Å². The molecule has 1 aromatic rings. The molecule has 0 radical (unpaired) electrons.